The number of hydrogen-bond donors (Lipinski definition) is 1. The van der Waals surface area contributed by atoms with Crippen molar-refractivity contribution >= 4 is 23.3 Å². The summed E-state index contributed by atoms with van der Waals surface area (Å²) in [7, 11) is 3.94. The summed E-state index contributed by atoms with van der Waals surface area (Å²) in [5.41, 5.74) is 0.888. The van der Waals surface area contributed by atoms with Gasteiger partial charge in [0, 0.05) is 45.0 Å². The number of halogens is 2. The van der Waals surface area contributed by atoms with Crippen LogP contribution in [-0.4, -0.2) is 69.2 Å². The van der Waals surface area contributed by atoms with Gasteiger partial charge in [0.1, 0.15) is 5.82 Å². The highest BCUT2D eigenvalue weighted by Gasteiger charge is 2.21. The Morgan fingerprint density at radius 2 is 2.00 bits per heavy atom. The van der Waals surface area contributed by atoms with E-state index in [1.807, 2.05) is 19.0 Å². The molecule has 2 amide bonds. The van der Waals surface area contributed by atoms with Crippen molar-refractivity contribution in [1.29, 1.82) is 0 Å². The zero-order valence-corrected chi connectivity index (χ0v) is 13.7. The second-order valence-corrected chi connectivity index (χ2v) is 6.01. The van der Waals surface area contributed by atoms with Crippen molar-refractivity contribution in [2.75, 3.05) is 58.3 Å². The molecule has 122 valence electrons. The van der Waals surface area contributed by atoms with Crippen LogP contribution < -0.4 is 10.2 Å². The molecule has 0 spiro atoms. The Labute approximate surface area is 135 Å². The first-order chi connectivity index (χ1) is 10.5. The molecule has 0 aliphatic carbocycles. The van der Waals surface area contributed by atoms with Gasteiger partial charge in [0.2, 0.25) is 0 Å². The molecule has 1 aliphatic heterocycles. The van der Waals surface area contributed by atoms with E-state index >= 15 is 0 Å². The zero-order valence-electron chi connectivity index (χ0n) is 13.0. The maximum atomic E-state index is 13.2. The van der Waals surface area contributed by atoms with Crippen molar-refractivity contribution in [2.45, 2.75) is 0 Å². The van der Waals surface area contributed by atoms with E-state index in [-0.39, 0.29) is 11.1 Å². The largest absolute Gasteiger partial charge is 0.368 e. The van der Waals surface area contributed by atoms with Crippen LogP contribution in [0.4, 0.5) is 14.9 Å². The average molecular weight is 329 g/mol. The van der Waals surface area contributed by atoms with Crippen LogP contribution in [0.3, 0.4) is 0 Å². The molecule has 7 heteroatoms. The first-order valence-electron chi connectivity index (χ1n) is 7.35. The number of nitrogens with one attached hydrogen (secondary N) is 1. The molecule has 0 saturated carbocycles. The number of carbonyl (C=O) groups is 1. The third-order valence-corrected chi connectivity index (χ3v) is 3.96. The number of nitrogens with zero attached hydrogens (tertiary/aromatic N) is 3. The van der Waals surface area contributed by atoms with E-state index in [4.69, 9.17) is 11.6 Å². The summed E-state index contributed by atoms with van der Waals surface area (Å²) in [6.45, 7) is 4.16. The molecule has 1 aromatic carbocycles. The van der Waals surface area contributed by atoms with Gasteiger partial charge in [0.05, 0.1) is 5.02 Å². The average Bonchev–Trinajstić information content (AvgIpc) is 2.50. The SMILES string of the molecule is CN(C)CCNC(=O)N1CCN(c2ccc(F)c(Cl)c2)CC1. The van der Waals surface area contributed by atoms with Gasteiger partial charge in [-0.25, -0.2) is 9.18 Å². The highest BCUT2D eigenvalue weighted by Crippen LogP contribution is 2.23. The van der Waals surface area contributed by atoms with Crippen LogP contribution in [-0.2, 0) is 0 Å². The molecule has 0 unspecified atom stereocenters. The molecule has 22 heavy (non-hydrogen) atoms. The summed E-state index contributed by atoms with van der Waals surface area (Å²) in [4.78, 5) is 18.0. The van der Waals surface area contributed by atoms with Crippen molar-refractivity contribution in [3.8, 4) is 0 Å². The second kappa shape index (κ2) is 7.65. The van der Waals surface area contributed by atoms with Gasteiger partial charge in [-0.1, -0.05) is 11.6 Å². The number of likely N-dealkylation sites (N-methyl/N-ethyl adjacent to an activating group) is 1. The van der Waals surface area contributed by atoms with Gasteiger partial charge < -0.3 is 20.0 Å². The number of benzene rings is 1. The van der Waals surface area contributed by atoms with Crippen LogP contribution in [0, 0.1) is 5.82 Å². The van der Waals surface area contributed by atoms with Crippen molar-refractivity contribution in [3.05, 3.63) is 29.0 Å². The van der Waals surface area contributed by atoms with E-state index in [1.54, 1.807) is 17.0 Å². The number of urea groups is 1. The van der Waals surface area contributed by atoms with E-state index in [0.29, 0.717) is 32.7 Å². The monoisotopic (exact) mass is 328 g/mol. The summed E-state index contributed by atoms with van der Waals surface area (Å²) >= 11 is 5.81. The normalized spacial score (nSPS) is 15.3. The number of carbonyl (C=O) groups excluding carboxylic acids is 1. The lowest BCUT2D eigenvalue weighted by atomic mass is 10.2. The molecule has 1 saturated heterocycles. The van der Waals surface area contributed by atoms with Gasteiger partial charge in [-0.05, 0) is 32.3 Å². The molecule has 1 aromatic rings. The molecule has 0 radical (unpaired) electrons. The molecular formula is C15H22ClFN4O. The predicted octanol–water partition coefficient (Wildman–Crippen LogP) is 1.87. The number of rotatable bonds is 4. The van der Waals surface area contributed by atoms with Crippen molar-refractivity contribution in [3.63, 3.8) is 0 Å². The molecule has 5 nitrogen and oxygen atoms in total. The Morgan fingerprint density at radius 1 is 1.32 bits per heavy atom. The lowest BCUT2D eigenvalue weighted by molar-refractivity contribution is 0.193. The van der Waals surface area contributed by atoms with Crippen LogP contribution >= 0.6 is 11.6 Å². The van der Waals surface area contributed by atoms with Crippen LogP contribution in [0.1, 0.15) is 0 Å². The minimum Gasteiger partial charge on any atom is -0.368 e. The Hall–Kier alpha value is -1.53. The van der Waals surface area contributed by atoms with Crippen molar-refractivity contribution < 1.29 is 9.18 Å². The number of piperazine rings is 1. The smallest absolute Gasteiger partial charge is 0.317 e. The summed E-state index contributed by atoms with van der Waals surface area (Å²) in [5, 5.41) is 3.04. The highest BCUT2D eigenvalue weighted by molar-refractivity contribution is 6.31. The third-order valence-electron chi connectivity index (χ3n) is 3.67. The number of amides is 2. The Kier molecular flexibility index (Phi) is 5.85. The predicted molar refractivity (Wildman–Crippen MR) is 87.1 cm³/mol. The van der Waals surface area contributed by atoms with Crippen molar-refractivity contribution in [2.24, 2.45) is 0 Å². The van der Waals surface area contributed by atoms with E-state index in [9.17, 15) is 9.18 Å². The fourth-order valence-corrected chi connectivity index (χ4v) is 2.52. The van der Waals surface area contributed by atoms with Crippen LogP contribution in [0.25, 0.3) is 0 Å². The van der Waals surface area contributed by atoms with Crippen LogP contribution in [0.5, 0.6) is 0 Å². The summed E-state index contributed by atoms with van der Waals surface area (Å²) in [6, 6.07) is 4.69. The Morgan fingerprint density at radius 3 is 2.59 bits per heavy atom. The van der Waals surface area contributed by atoms with E-state index in [0.717, 1.165) is 12.2 Å². The number of anilines is 1. The van der Waals surface area contributed by atoms with Gasteiger partial charge in [0.15, 0.2) is 0 Å². The van der Waals surface area contributed by atoms with E-state index in [2.05, 4.69) is 10.2 Å². The standard InChI is InChI=1S/C15H22ClFN4O/c1-19(2)6-5-18-15(22)21-9-7-20(8-10-21)12-3-4-14(17)13(16)11-12/h3-4,11H,5-10H2,1-2H3,(H,18,22). The molecule has 0 atom stereocenters. The lowest BCUT2D eigenvalue weighted by Crippen LogP contribution is -2.52. The molecule has 0 aromatic heterocycles. The number of hydrogen-bond acceptors (Lipinski definition) is 3. The zero-order chi connectivity index (χ0) is 16.1. The quantitative estimate of drug-likeness (QED) is 0.917. The molecule has 2 rings (SSSR count). The van der Waals surface area contributed by atoms with E-state index in [1.165, 1.54) is 6.07 Å². The maximum absolute atomic E-state index is 13.2. The summed E-state index contributed by atoms with van der Waals surface area (Å²) in [5.74, 6) is -0.413. The van der Waals surface area contributed by atoms with Gasteiger partial charge in [-0.15, -0.1) is 0 Å². The van der Waals surface area contributed by atoms with E-state index < -0.39 is 5.82 Å². The van der Waals surface area contributed by atoms with Gasteiger partial charge in [-0.2, -0.15) is 0 Å². The fourth-order valence-electron chi connectivity index (χ4n) is 2.35. The second-order valence-electron chi connectivity index (χ2n) is 5.61. The minimum atomic E-state index is -0.413. The lowest BCUT2D eigenvalue weighted by Gasteiger charge is -2.36. The summed E-state index contributed by atoms with van der Waals surface area (Å²) in [6.07, 6.45) is 0. The van der Waals surface area contributed by atoms with Crippen molar-refractivity contribution in [1.82, 2.24) is 15.1 Å². The fraction of sp³-hybridized carbons (Fsp3) is 0.533. The third kappa shape index (κ3) is 4.48. The molecule has 0 bridgehead atoms. The van der Waals surface area contributed by atoms with Gasteiger partial charge in [-0.3, -0.25) is 0 Å². The van der Waals surface area contributed by atoms with Gasteiger partial charge >= 0.3 is 6.03 Å². The maximum Gasteiger partial charge on any atom is 0.317 e. The topological polar surface area (TPSA) is 38.8 Å². The Balaban J connectivity index is 1.82. The molecule has 1 N–H and O–H groups in total. The summed E-state index contributed by atoms with van der Waals surface area (Å²) < 4.78 is 13.2. The first kappa shape index (κ1) is 16.8. The van der Waals surface area contributed by atoms with Crippen LogP contribution in [0.15, 0.2) is 18.2 Å². The van der Waals surface area contributed by atoms with Crippen LogP contribution in [0.2, 0.25) is 5.02 Å². The minimum absolute atomic E-state index is 0.0290. The molecule has 1 fully saturated rings. The molecule has 1 heterocycles. The van der Waals surface area contributed by atoms with Gasteiger partial charge in [0.25, 0.3) is 0 Å². The molecule has 1 aliphatic rings. The molecular weight excluding hydrogens is 307 g/mol. The highest BCUT2D eigenvalue weighted by atomic mass is 35.5. The Bertz CT molecular complexity index is 518. The first-order valence-corrected chi connectivity index (χ1v) is 7.72.